The maximum absolute atomic E-state index is 4.86. The number of rotatable bonds is 2. The lowest BCUT2D eigenvalue weighted by molar-refractivity contribution is 0.429. The standard InChI is InChI=1S/C18H23N3/c1-2-7-14(8-3-1)17-19-18(21-20-17)16-11-10-13-6-4-5-9-15(13)12-16/h4-6,9,14,16H,1-3,7-8,10-12H2,(H,19,20,21). The van der Waals surface area contributed by atoms with Crippen molar-refractivity contribution in [3.05, 3.63) is 47.0 Å². The van der Waals surface area contributed by atoms with Gasteiger partial charge in [-0.15, -0.1) is 0 Å². The van der Waals surface area contributed by atoms with Crippen LogP contribution in [0.25, 0.3) is 0 Å². The van der Waals surface area contributed by atoms with Crippen LogP contribution in [0.3, 0.4) is 0 Å². The summed E-state index contributed by atoms with van der Waals surface area (Å²) in [4.78, 5) is 4.86. The van der Waals surface area contributed by atoms with E-state index >= 15 is 0 Å². The van der Waals surface area contributed by atoms with Crippen molar-refractivity contribution in [3.63, 3.8) is 0 Å². The lowest BCUT2D eigenvalue weighted by Crippen LogP contribution is -2.14. The molecule has 3 nitrogen and oxygen atoms in total. The van der Waals surface area contributed by atoms with E-state index in [4.69, 9.17) is 4.98 Å². The van der Waals surface area contributed by atoms with Crippen molar-refractivity contribution in [2.45, 2.75) is 63.2 Å². The number of nitrogens with one attached hydrogen (secondary N) is 1. The second kappa shape index (κ2) is 5.63. The number of H-pyrrole nitrogens is 1. The molecular weight excluding hydrogens is 258 g/mol. The number of aromatic amines is 1. The molecule has 2 aromatic rings. The van der Waals surface area contributed by atoms with Gasteiger partial charge in [0.2, 0.25) is 0 Å². The molecule has 0 amide bonds. The molecule has 0 bridgehead atoms. The molecule has 21 heavy (non-hydrogen) atoms. The van der Waals surface area contributed by atoms with Crippen LogP contribution in [0.2, 0.25) is 0 Å². The van der Waals surface area contributed by atoms with Crippen molar-refractivity contribution >= 4 is 0 Å². The number of nitrogens with zero attached hydrogens (tertiary/aromatic N) is 2. The van der Waals surface area contributed by atoms with E-state index in [9.17, 15) is 0 Å². The summed E-state index contributed by atoms with van der Waals surface area (Å²) >= 11 is 0. The molecule has 3 heteroatoms. The van der Waals surface area contributed by atoms with Crippen molar-refractivity contribution < 1.29 is 0 Å². The van der Waals surface area contributed by atoms with E-state index in [0.29, 0.717) is 11.8 Å². The van der Waals surface area contributed by atoms with Crippen molar-refractivity contribution in [1.29, 1.82) is 0 Å². The first-order valence-corrected chi connectivity index (χ1v) is 8.39. The summed E-state index contributed by atoms with van der Waals surface area (Å²) in [5.74, 6) is 3.30. The Balaban J connectivity index is 1.51. The average Bonchev–Trinajstić information content (AvgIpc) is 3.05. The van der Waals surface area contributed by atoms with Crippen LogP contribution in [0.15, 0.2) is 24.3 Å². The predicted molar refractivity (Wildman–Crippen MR) is 83.4 cm³/mol. The Labute approximate surface area is 126 Å². The number of hydrogen-bond acceptors (Lipinski definition) is 2. The minimum Gasteiger partial charge on any atom is -0.263 e. The minimum atomic E-state index is 0.494. The van der Waals surface area contributed by atoms with Crippen molar-refractivity contribution in [2.24, 2.45) is 0 Å². The van der Waals surface area contributed by atoms with E-state index in [1.807, 2.05) is 0 Å². The third kappa shape index (κ3) is 2.61. The van der Waals surface area contributed by atoms with Crippen molar-refractivity contribution in [2.75, 3.05) is 0 Å². The van der Waals surface area contributed by atoms with Gasteiger partial charge in [-0.2, -0.15) is 5.10 Å². The second-order valence-corrected chi connectivity index (χ2v) is 6.62. The van der Waals surface area contributed by atoms with Crippen LogP contribution in [-0.4, -0.2) is 15.2 Å². The molecule has 1 fully saturated rings. The fourth-order valence-corrected chi connectivity index (χ4v) is 3.95. The van der Waals surface area contributed by atoms with Gasteiger partial charge in [0.15, 0.2) is 5.82 Å². The van der Waals surface area contributed by atoms with Crippen LogP contribution >= 0.6 is 0 Å². The van der Waals surface area contributed by atoms with Gasteiger partial charge in [-0.25, -0.2) is 4.98 Å². The number of hydrogen-bond donors (Lipinski definition) is 1. The Morgan fingerprint density at radius 1 is 0.905 bits per heavy atom. The summed E-state index contributed by atoms with van der Waals surface area (Å²) in [6, 6.07) is 8.81. The highest BCUT2D eigenvalue weighted by molar-refractivity contribution is 5.31. The zero-order valence-electron chi connectivity index (χ0n) is 12.5. The smallest absolute Gasteiger partial charge is 0.154 e. The maximum atomic E-state index is 4.86. The Morgan fingerprint density at radius 2 is 1.71 bits per heavy atom. The summed E-state index contributed by atoms with van der Waals surface area (Å²) in [6.07, 6.45) is 10.1. The number of fused-ring (bicyclic) bond motifs is 1. The molecule has 1 aromatic heterocycles. The molecule has 1 unspecified atom stereocenters. The summed E-state index contributed by atoms with van der Waals surface area (Å²) < 4.78 is 0. The van der Waals surface area contributed by atoms with E-state index in [1.165, 1.54) is 49.7 Å². The molecule has 0 saturated heterocycles. The third-order valence-corrected chi connectivity index (χ3v) is 5.22. The first-order chi connectivity index (χ1) is 10.4. The van der Waals surface area contributed by atoms with Crippen LogP contribution in [0, 0.1) is 0 Å². The predicted octanol–water partition coefficient (Wildman–Crippen LogP) is 4.12. The first kappa shape index (κ1) is 13.1. The molecule has 1 N–H and O–H groups in total. The lowest BCUT2D eigenvalue weighted by Gasteiger charge is -2.22. The Kier molecular flexibility index (Phi) is 3.50. The van der Waals surface area contributed by atoms with Gasteiger partial charge in [-0.1, -0.05) is 43.5 Å². The van der Waals surface area contributed by atoms with Gasteiger partial charge in [0.25, 0.3) is 0 Å². The SMILES string of the molecule is c1ccc2c(c1)CCC(c1n[nH]c(C3CCCCC3)n1)C2. The van der Waals surface area contributed by atoms with Gasteiger partial charge in [-0.3, -0.25) is 5.10 Å². The zero-order valence-corrected chi connectivity index (χ0v) is 12.5. The molecule has 1 atom stereocenters. The Bertz CT molecular complexity index is 610. The molecule has 4 rings (SSSR count). The number of benzene rings is 1. The van der Waals surface area contributed by atoms with E-state index in [0.717, 1.165) is 24.5 Å². The molecule has 110 valence electrons. The highest BCUT2D eigenvalue weighted by Crippen LogP contribution is 2.34. The summed E-state index contributed by atoms with van der Waals surface area (Å²) in [7, 11) is 0. The summed E-state index contributed by atoms with van der Waals surface area (Å²) in [6.45, 7) is 0. The van der Waals surface area contributed by atoms with E-state index in [2.05, 4.69) is 34.5 Å². The fraction of sp³-hybridized carbons (Fsp3) is 0.556. The van der Waals surface area contributed by atoms with E-state index < -0.39 is 0 Å². The molecular formula is C18H23N3. The quantitative estimate of drug-likeness (QED) is 0.899. The summed E-state index contributed by atoms with van der Waals surface area (Å²) in [5.41, 5.74) is 2.99. The third-order valence-electron chi connectivity index (χ3n) is 5.22. The zero-order chi connectivity index (χ0) is 14.1. The normalized spacial score (nSPS) is 23.0. The van der Waals surface area contributed by atoms with Crippen LogP contribution in [0.4, 0.5) is 0 Å². The minimum absolute atomic E-state index is 0.494. The van der Waals surface area contributed by atoms with Gasteiger partial charge >= 0.3 is 0 Å². The van der Waals surface area contributed by atoms with E-state index in [-0.39, 0.29) is 0 Å². The first-order valence-electron chi connectivity index (χ1n) is 8.39. The molecule has 1 saturated carbocycles. The molecule has 0 aliphatic heterocycles. The van der Waals surface area contributed by atoms with Gasteiger partial charge in [-0.05, 0) is 43.2 Å². The average molecular weight is 281 g/mol. The van der Waals surface area contributed by atoms with Crippen LogP contribution in [-0.2, 0) is 12.8 Å². The van der Waals surface area contributed by atoms with E-state index in [1.54, 1.807) is 0 Å². The van der Waals surface area contributed by atoms with Crippen LogP contribution in [0.5, 0.6) is 0 Å². The number of aryl methyl sites for hydroxylation is 1. The molecule has 2 aliphatic carbocycles. The lowest BCUT2D eigenvalue weighted by atomic mass is 9.83. The molecule has 1 heterocycles. The monoisotopic (exact) mass is 281 g/mol. The van der Waals surface area contributed by atoms with Crippen LogP contribution < -0.4 is 0 Å². The second-order valence-electron chi connectivity index (χ2n) is 6.62. The molecule has 0 spiro atoms. The van der Waals surface area contributed by atoms with Gasteiger partial charge in [0.1, 0.15) is 5.82 Å². The van der Waals surface area contributed by atoms with Crippen molar-refractivity contribution in [1.82, 2.24) is 15.2 Å². The fourth-order valence-electron chi connectivity index (χ4n) is 3.95. The summed E-state index contributed by atoms with van der Waals surface area (Å²) in [5, 5.41) is 7.79. The Hall–Kier alpha value is -1.64. The van der Waals surface area contributed by atoms with Gasteiger partial charge in [0, 0.05) is 11.8 Å². The maximum Gasteiger partial charge on any atom is 0.154 e. The van der Waals surface area contributed by atoms with Crippen LogP contribution in [0.1, 0.15) is 73.1 Å². The van der Waals surface area contributed by atoms with Gasteiger partial charge in [0.05, 0.1) is 0 Å². The molecule has 0 radical (unpaired) electrons. The molecule has 2 aliphatic rings. The Morgan fingerprint density at radius 3 is 2.57 bits per heavy atom. The number of aromatic nitrogens is 3. The van der Waals surface area contributed by atoms with Crippen molar-refractivity contribution in [3.8, 4) is 0 Å². The largest absolute Gasteiger partial charge is 0.263 e. The molecule has 1 aromatic carbocycles. The topological polar surface area (TPSA) is 41.6 Å². The highest BCUT2D eigenvalue weighted by atomic mass is 15.2. The van der Waals surface area contributed by atoms with Gasteiger partial charge < -0.3 is 0 Å². The highest BCUT2D eigenvalue weighted by Gasteiger charge is 2.25.